The Morgan fingerprint density at radius 2 is 2.20 bits per heavy atom. The lowest BCUT2D eigenvalue weighted by Gasteiger charge is -2.42. The molecule has 0 saturated heterocycles. The van der Waals surface area contributed by atoms with Crippen LogP contribution in [0.3, 0.4) is 0 Å². The SMILES string of the molecule is O=C1Nc2c(Br)cccc2SC12CCC2. The lowest BCUT2D eigenvalue weighted by molar-refractivity contribution is -0.120. The highest BCUT2D eigenvalue weighted by Gasteiger charge is 2.48. The molecule has 1 aliphatic heterocycles. The summed E-state index contributed by atoms with van der Waals surface area (Å²) in [6, 6.07) is 6.04. The van der Waals surface area contributed by atoms with Crippen LogP contribution in [0.4, 0.5) is 5.69 Å². The summed E-state index contributed by atoms with van der Waals surface area (Å²) in [4.78, 5) is 13.1. The van der Waals surface area contributed by atoms with Crippen molar-refractivity contribution in [2.45, 2.75) is 28.9 Å². The van der Waals surface area contributed by atoms with E-state index in [-0.39, 0.29) is 10.7 Å². The Balaban J connectivity index is 2.06. The second kappa shape index (κ2) is 3.25. The highest BCUT2D eigenvalue weighted by Crippen LogP contribution is 2.53. The van der Waals surface area contributed by atoms with Crippen molar-refractivity contribution >= 4 is 39.3 Å². The number of halogens is 1. The van der Waals surface area contributed by atoms with Gasteiger partial charge < -0.3 is 5.32 Å². The standard InChI is InChI=1S/C11H10BrNOS/c12-7-3-1-4-8-9(7)13-10(14)11(15-8)5-2-6-11/h1,3-4H,2,5-6H2,(H,13,14). The predicted molar refractivity (Wildman–Crippen MR) is 65.2 cm³/mol. The van der Waals surface area contributed by atoms with Crippen molar-refractivity contribution in [3.8, 4) is 0 Å². The van der Waals surface area contributed by atoms with Crippen molar-refractivity contribution < 1.29 is 4.79 Å². The van der Waals surface area contributed by atoms with Gasteiger partial charge in [0.05, 0.1) is 10.4 Å². The number of para-hydroxylation sites is 1. The van der Waals surface area contributed by atoms with Gasteiger partial charge in [-0.15, -0.1) is 11.8 Å². The van der Waals surface area contributed by atoms with Crippen LogP contribution in [-0.2, 0) is 4.79 Å². The van der Waals surface area contributed by atoms with Crippen LogP contribution in [-0.4, -0.2) is 10.7 Å². The lowest BCUT2D eigenvalue weighted by atomic mass is 9.83. The number of nitrogens with one attached hydrogen (secondary N) is 1. The first-order chi connectivity index (χ1) is 7.21. The molecular formula is C11H10BrNOS. The summed E-state index contributed by atoms with van der Waals surface area (Å²) in [5.74, 6) is 0.179. The second-order valence-electron chi connectivity index (χ2n) is 4.02. The van der Waals surface area contributed by atoms with E-state index in [9.17, 15) is 4.79 Å². The Morgan fingerprint density at radius 1 is 1.40 bits per heavy atom. The monoisotopic (exact) mass is 283 g/mol. The molecule has 1 heterocycles. The van der Waals surface area contributed by atoms with E-state index in [1.165, 1.54) is 11.3 Å². The quantitative estimate of drug-likeness (QED) is 0.791. The van der Waals surface area contributed by atoms with Gasteiger partial charge in [0.2, 0.25) is 5.91 Å². The first kappa shape index (κ1) is 9.73. The lowest BCUT2D eigenvalue weighted by Crippen LogP contribution is -2.47. The molecule has 1 N–H and O–H groups in total. The van der Waals surface area contributed by atoms with E-state index in [0.29, 0.717) is 0 Å². The van der Waals surface area contributed by atoms with E-state index < -0.39 is 0 Å². The average Bonchev–Trinajstić information content (AvgIpc) is 2.16. The van der Waals surface area contributed by atoms with E-state index in [1.54, 1.807) is 11.8 Å². The highest BCUT2D eigenvalue weighted by atomic mass is 79.9. The summed E-state index contributed by atoms with van der Waals surface area (Å²) in [7, 11) is 0. The average molecular weight is 284 g/mol. The molecule has 2 aliphatic rings. The Morgan fingerprint density at radius 3 is 2.87 bits per heavy atom. The van der Waals surface area contributed by atoms with Crippen molar-refractivity contribution in [3.63, 3.8) is 0 Å². The summed E-state index contributed by atoms with van der Waals surface area (Å²) in [5, 5.41) is 3.01. The van der Waals surface area contributed by atoms with E-state index in [4.69, 9.17) is 0 Å². The van der Waals surface area contributed by atoms with Gasteiger partial charge in [0.1, 0.15) is 0 Å². The van der Waals surface area contributed by atoms with Crippen molar-refractivity contribution in [2.75, 3.05) is 5.32 Å². The number of hydrogen-bond donors (Lipinski definition) is 1. The molecule has 1 saturated carbocycles. The summed E-state index contributed by atoms with van der Waals surface area (Å²) in [6.45, 7) is 0. The maximum atomic E-state index is 12.0. The molecular weight excluding hydrogens is 274 g/mol. The minimum Gasteiger partial charge on any atom is -0.323 e. The van der Waals surface area contributed by atoms with Gasteiger partial charge in [-0.1, -0.05) is 6.07 Å². The van der Waals surface area contributed by atoms with Crippen LogP contribution in [0.1, 0.15) is 19.3 Å². The van der Waals surface area contributed by atoms with Gasteiger partial charge >= 0.3 is 0 Å². The van der Waals surface area contributed by atoms with Crippen LogP contribution in [0.2, 0.25) is 0 Å². The fraction of sp³-hybridized carbons (Fsp3) is 0.364. The normalized spacial score (nSPS) is 21.8. The van der Waals surface area contributed by atoms with E-state index >= 15 is 0 Å². The molecule has 4 heteroatoms. The Bertz CT molecular complexity index is 442. The van der Waals surface area contributed by atoms with E-state index in [0.717, 1.165) is 23.0 Å². The summed E-state index contributed by atoms with van der Waals surface area (Å²) in [6.07, 6.45) is 3.19. The maximum absolute atomic E-state index is 12.0. The Kier molecular flexibility index (Phi) is 2.11. The molecule has 0 radical (unpaired) electrons. The summed E-state index contributed by atoms with van der Waals surface area (Å²) < 4.78 is 0.809. The molecule has 0 unspecified atom stereocenters. The molecule has 78 valence electrons. The highest BCUT2D eigenvalue weighted by molar-refractivity contribution is 9.10. The third-order valence-electron chi connectivity index (χ3n) is 3.09. The van der Waals surface area contributed by atoms with Crippen LogP contribution in [0.25, 0.3) is 0 Å². The molecule has 1 amide bonds. The molecule has 2 nitrogen and oxygen atoms in total. The number of amides is 1. The number of thioether (sulfide) groups is 1. The molecule has 1 fully saturated rings. The van der Waals surface area contributed by atoms with Crippen LogP contribution in [0, 0.1) is 0 Å². The fourth-order valence-corrected chi connectivity index (χ4v) is 4.09. The largest absolute Gasteiger partial charge is 0.323 e. The van der Waals surface area contributed by atoms with Crippen LogP contribution < -0.4 is 5.32 Å². The first-order valence-corrected chi connectivity index (χ1v) is 6.61. The fourth-order valence-electron chi connectivity index (χ4n) is 2.02. The van der Waals surface area contributed by atoms with Crippen molar-refractivity contribution in [3.05, 3.63) is 22.7 Å². The smallest absolute Gasteiger partial charge is 0.241 e. The first-order valence-electron chi connectivity index (χ1n) is 5.00. The van der Waals surface area contributed by atoms with Gasteiger partial charge in [-0.3, -0.25) is 4.79 Å². The van der Waals surface area contributed by atoms with Crippen molar-refractivity contribution in [1.29, 1.82) is 0 Å². The zero-order valence-corrected chi connectivity index (χ0v) is 10.5. The number of hydrogen-bond acceptors (Lipinski definition) is 2. The molecule has 0 aromatic heterocycles. The zero-order valence-electron chi connectivity index (χ0n) is 8.05. The number of carbonyl (C=O) groups is 1. The molecule has 1 aromatic carbocycles. The molecule has 0 bridgehead atoms. The van der Waals surface area contributed by atoms with E-state index in [1.807, 2.05) is 12.1 Å². The third-order valence-corrected chi connectivity index (χ3v) is 5.30. The molecule has 15 heavy (non-hydrogen) atoms. The summed E-state index contributed by atoms with van der Waals surface area (Å²) in [5.41, 5.74) is 0.935. The van der Waals surface area contributed by atoms with Gasteiger partial charge in [0.15, 0.2) is 0 Å². The predicted octanol–water partition coefficient (Wildman–Crippen LogP) is 3.42. The minimum atomic E-state index is -0.159. The molecule has 0 atom stereocenters. The van der Waals surface area contributed by atoms with Gasteiger partial charge in [-0.05, 0) is 47.3 Å². The van der Waals surface area contributed by atoms with E-state index in [2.05, 4.69) is 27.3 Å². The van der Waals surface area contributed by atoms with Gasteiger partial charge in [0.25, 0.3) is 0 Å². The molecule has 1 aromatic rings. The van der Waals surface area contributed by atoms with Crippen LogP contribution in [0.15, 0.2) is 27.6 Å². The molecule has 1 spiro atoms. The topological polar surface area (TPSA) is 29.1 Å². The molecule has 1 aliphatic carbocycles. The van der Waals surface area contributed by atoms with Crippen LogP contribution in [0.5, 0.6) is 0 Å². The van der Waals surface area contributed by atoms with Crippen LogP contribution >= 0.6 is 27.7 Å². The molecule has 3 rings (SSSR count). The van der Waals surface area contributed by atoms with Gasteiger partial charge in [-0.2, -0.15) is 0 Å². The third kappa shape index (κ3) is 1.35. The Hall–Kier alpha value is -0.480. The zero-order chi connectivity index (χ0) is 10.5. The second-order valence-corrected chi connectivity index (χ2v) is 6.30. The summed E-state index contributed by atoms with van der Waals surface area (Å²) >= 11 is 5.19. The number of rotatable bonds is 0. The number of anilines is 1. The number of fused-ring (bicyclic) bond motifs is 1. The van der Waals surface area contributed by atoms with Gasteiger partial charge in [0, 0.05) is 9.37 Å². The minimum absolute atomic E-state index is 0.159. The number of carbonyl (C=O) groups excluding carboxylic acids is 1. The number of benzene rings is 1. The van der Waals surface area contributed by atoms with Crippen molar-refractivity contribution in [1.82, 2.24) is 0 Å². The maximum Gasteiger partial charge on any atom is 0.241 e. The van der Waals surface area contributed by atoms with Gasteiger partial charge in [-0.25, -0.2) is 0 Å². The Labute approximate surface area is 101 Å². The van der Waals surface area contributed by atoms with Crippen molar-refractivity contribution in [2.24, 2.45) is 0 Å².